The standard InChI is InChI=1S/C15H15BrN2O3/c1-9-4-5-10(16)11(8-9)18-13(20)15(6-2-3-7-15)12(19)17-14(18)21/h4-5,8H,2-3,6-7H2,1H3,(H,17,19,21). The van der Waals surface area contributed by atoms with Crippen molar-refractivity contribution >= 4 is 39.5 Å². The second-order valence-electron chi connectivity index (χ2n) is 5.64. The van der Waals surface area contributed by atoms with Crippen molar-refractivity contribution in [3.63, 3.8) is 0 Å². The van der Waals surface area contributed by atoms with Crippen LogP contribution >= 0.6 is 15.9 Å². The van der Waals surface area contributed by atoms with Crippen molar-refractivity contribution in [3.8, 4) is 0 Å². The Bertz CT molecular complexity index is 650. The zero-order chi connectivity index (χ0) is 15.2. The van der Waals surface area contributed by atoms with Crippen LogP contribution in [0.4, 0.5) is 10.5 Å². The zero-order valence-electron chi connectivity index (χ0n) is 11.6. The molecule has 5 nitrogen and oxygen atoms in total. The van der Waals surface area contributed by atoms with Gasteiger partial charge in [-0.15, -0.1) is 0 Å². The highest BCUT2D eigenvalue weighted by Crippen LogP contribution is 2.43. The Morgan fingerprint density at radius 1 is 1.19 bits per heavy atom. The summed E-state index contributed by atoms with van der Waals surface area (Å²) in [4.78, 5) is 38.3. The molecule has 2 aliphatic rings. The smallest absolute Gasteiger partial charge is 0.276 e. The molecule has 1 aromatic rings. The molecule has 6 heteroatoms. The largest absolute Gasteiger partial charge is 0.335 e. The number of aryl methyl sites for hydroxylation is 1. The molecule has 0 radical (unpaired) electrons. The maximum absolute atomic E-state index is 12.9. The number of imide groups is 2. The van der Waals surface area contributed by atoms with Gasteiger partial charge in [-0.1, -0.05) is 18.9 Å². The van der Waals surface area contributed by atoms with Crippen LogP contribution in [0.5, 0.6) is 0 Å². The van der Waals surface area contributed by atoms with E-state index in [1.807, 2.05) is 13.0 Å². The van der Waals surface area contributed by atoms with Gasteiger partial charge in [0.1, 0.15) is 5.41 Å². The molecule has 110 valence electrons. The van der Waals surface area contributed by atoms with Crippen molar-refractivity contribution in [1.29, 1.82) is 0 Å². The Labute approximate surface area is 130 Å². The average molecular weight is 351 g/mol. The summed E-state index contributed by atoms with van der Waals surface area (Å²) in [5, 5.41) is 2.34. The Morgan fingerprint density at radius 3 is 2.52 bits per heavy atom. The van der Waals surface area contributed by atoms with Gasteiger partial charge in [0, 0.05) is 4.47 Å². The molecule has 1 saturated carbocycles. The minimum Gasteiger partial charge on any atom is -0.276 e. The summed E-state index contributed by atoms with van der Waals surface area (Å²) in [6, 6.07) is 4.77. The van der Waals surface area contributed by atoms with E-state index < -0.39 is 23.3 Å². The molecular weight excluding hydrogens is 336 g/mol. The second-order valence-corrected chi connectivity index (χ2v) is 6.50. The maximum atomic E-state index is 12.9. The number of anilines is 1. The first kappa shape index (κ1) is 14.3. The van der Waals surface area contributed by atoms with Gasteiger partial charge in [0.2, 0.25) is 5.91 Å². The molecule has 1 N–H and O–H groups in total. The fourth-order valence-corrected chi connectivity index (χ4v) is 3.53. The third-order valence-electron chi connectivity index (χ3n) is 4.27. The molecule has 1 heterocycles. The molecule has 0 atom stereocenters. The van der Waals surface area contributed by atoms with Crippen molar-refractivity contribution < 1.29 is 14.4 Å². The highest BCUT2D eigenvalue weighted by molar-refractivity contribution is 9.10. The molecule has 21 heavy (non-hydrogen) atoms. The SMILES string of the molecule is Cc1ccc(Br)c(N2C(=O)NC(=O)C3(CCCC3)C2=O)c1. The van der Waals surface area contributed by atoms with Crippen molar-refractivity contribution in [3.05, 3.63) is 28.2 Å². The van der Waals surface area contributed by atoms with Crippen LogP contribution < -0.4 is 10.2 Å². The third kappa shape index (κ3) is 2.09. The Kier molecular flexibility index (Phi) is 3.36. The molecule has 1 aliphatic carbocycles. The lowest BCUT2D eigenvalue weighted by molar-refractivity contribution is -0.142. The van der Waals surface area contributed by atoms with Gasteiger partial charge in [-0.25, -0.2) is 9.69 Å². The van der Waals surface area contributed by atoms with E-state index in [1.165, 1.54) is 0 Å². The van der Waals surface area contributed by atoms with Crippen LogP contribution in [-0.2, 0) is 9.59 Å². The Balaban J connectivity index is 2.09. The van der Waals surface area contributed by atoms with E-state index in [2.05, 4.69) is 21.2 Å². The molecule has 3 rings (SSSR count). The Hall–Kier alpha value is -1.69. The molecular formula is C15H15BrN2O3. The number of amides is 4. The second kappa shape index (κ2) is 4.94. The van der Waals surface area contributed by atoms with Gasteiger partial charge in [0.25, 0.3) is 5.91 Å². The van der Waals surface area contributed by atoms with Crippen LogP contribution in [0.15, 0.2) is 22.7 Å². The summed E-state index contributed by atoms with van der Waals surface area (Å²) < 4.78 is 0.652. The van der Waals surface area contributed by atoms with E-state index in [-0.39, 0.29) is 0 Å². The van der Waals surface area contributed by atoms with Crippen LogP contribution in [0.3, 0.4) is 0 Å². The van der Waals surface area contributed by atoms with Crippen molar-refractivity contribution in [2.45, 2.75) is 32.6 Å². The minimum absolute atomic E-state index is 0.403. The highest BCUT2D eigenvalue weighted by Gasteiger charge is 2.55. The number of urea groups is 1. The van der Waals surface area contributed by atoms with E-state index in [9.17, 15) is 14.4 Å². The molecule has 1 aliphatic heterocycles. The van der Waals surface area contributed by atoms with Gasteiger partial charge >= 0.3 is 6.03 Å². The number of carbonyl (C=O) groups is 3. The highest BCUT2D eigenvalue weighted by atomic mass is 79.9. The van der Waals surface area contributed by atoms with Crippen LogP contribution in [0.25, 0.3) is 0 Å². The lowest BCUT2D eigenvalue weighted by Gasteiger charge is -2.37. The van der Waals surface area contributed by atoms with Gasteiger partial charge in [-0.3, -0.25) is 14.9 Å². The number of benzene rings is 1. The summed E-state index contributed by atoms with van der Waals surface area (Å²) >= 11 is 3.37. The summed E-state index contributed by atoms with van der Waals surface area (Å²) in [5.41, 5.74) is 0.347. The van der Waals surface area contributed by atoms with Gasteiger partial charge in [-0.05, 0) is 53.4 Å². The summed E-state index contributed by atoms with van der Waals surface area (Å²) in [6.07, 6.45) is 2.67. The lowest BCUT2D eigenvalue weighted by Crippen LogP contribution is -2.63. The van der Waals surface area contributed by atoms with E-state index in [0.717, 1.165) is 23.3 Å². The van der Waals surface area contributed by atoms with Crippen LogP contribution in [-0.4, -0.2) is 17.8 Å². The molecule has 0 unspecified atom stereocenters. The van der Waals surface area contributed by atoms with Crippen molar-refractivity contribution in [2.75, 3.05) is 4.90 Å². The van der Waals surface area contributed by atoms with E-state index in [4.69, 9.17) is 0 Å². The monoisotopic (exact) mass is 350 g/mol. The first-order valence-electron chi connectivity index (χ1n) is 6.92. The predicted octanol–water partition coefficient (Wildman–Crippen LogP) is 2.90. The number of hydrogen-bond acceptors (Lipinski definition) is 3. The van der Waals surface area contributed by atoms with Gasteiger partial charge < -0.3 is 0 Å². The number of rotatable bonds is 1. The summed E-state index contributed by atoms with van der Waals surface area (Å²) in [7, 11) is 0. The maximum Gasteiger partial charge on any atom is 0.335 e. The fraction of sp³-hybridized carbons (Fsp3) is 0.400. The summed E-state index contributed by atoms with van der Waals surface area (Å²) in [6.45, 7) is 1.89. The van der Waals surface area contributed by atoms with Gasteiger partial charge in [0.05, 0.1) is 5.69 Å². The van der Waals surface area contributed by atoms with Crippen molar-refractivity contribution in [2.24, 2.45) is 5.41 Å². The van der Waals surface area contributed by atoms with E-state index in [0.29, 0.717) is 23.0 Å². The van der Waals surface area contributed by atoms with Crippen LogP contribution in [0.1, 0.15) is 31.2 Å². The van der Waals surface area contributed by atoms with E-state index >= 15 is 0 Å². The molecule has 0 aromatic heterocycles. The molecule has 4 amide bonds. The normalized spacial score (nSPS) is 21.0. The first-order valence-corrected chi connectivity index (χ1v) is 7.71. The molecule has 0 bridgehead atoms. The number of hydrogen-bond donors (Lipinski definition) is 1. The summed E-state index contributed by atoms with van der Waals surface area (Å²) in [5.74, 6) is -0.852. The zero-order valence-corrected chi connectivity index (χ0v) is 13.2. The number of halogens is 1. The number of nitrogens with one attached hydrogen (secondary N) is 1. The quantitative estimate of drug-likeness (QED) is 0.792. The van der Waals surface area contributed by atoms with Gasteiger partial charge in [-0.2, -0.15) is 0 Å². The molecule has 1 spiro atoms. The molecule has 1 aromatic carbocycles. The van der Waals surface area contributed by atoms with Crippen LogP contribution in [0.2, 0.25) is 0 Å². The predicted molar refractivity (Wildman–Crippen MR) is 80.8 cm³/mol. The third-order valence-corrected chi connectivity index (χ3v) is 4.94. The first-order chi connectivity index (χ1) is 9.95. The van der Waals surface area contributed by atoms with E-state index in [1.54, 1.807) is 12.1 Å². The van der Waals surface area contributed by atoms with Crippen LogP contribution in [0, 0.1) is 12.3 Å². The molecule has 2 fully saturated rings. The van der Waals surface area contributed by atoms with Gasteiger partial charge in [0.15, 0.2) is 0 Å². The lowest BCUT2D eigenvalue weighted by atomic mass is 9.82. The minimum atomic E-state index is -1.07. The number of nitrogens with zero attached hydrogens (tertiary/aromatic N) is 1. The molecule has 1 saturated heterocycles. The number of barbiturate groups is 1. The Morgan fingerprint density at radius 2 is 1.86 bits per heavy atom. The topological polar surface area (TPSA) is 66.5 Å². The van der Waals surface area contributed by atoms with Crippen molar-refractivity contribution in [1.82, 2.24) is 5.32 Å². The number of carbonyl (C=O) groups excluding carboxylic acids is 3. The fourth-order valence-electron chi connectivity index (χ4n) is 3.11. The average Bonchev–Trinajstić information content (AvgIpc) is 2.92.